The summed E-state index contributed by atoms with van der Waals surface area (Å²) in [7, 11) is 0. The molecule has 1 N–H and O–H groups in total. The van der Waals surface area contributed by atoms with Crippen LogP contribution in [-0.4, -0.2) is 5.91 Å². The van der Waals surface area contributed by atoms with Crippen molar-refractivity contribution in [3.63, 3.8) is 0 Å². The van der Waals surface area contributed by atoms with Crippen molar-refractivity contribution in [2.75, 3.05) is 5.32 Å². The number of nitriles is 1. The first-order valence-corrected chi connectivity index (χ1v) is 12.9. The fourth-order valence-electron chi connectivity index (χ4n) is 3.70. The number of aryl methyl sites for hydroxylation is 2. The Kier molecular flexibility index (Phi) is 8.97. The van der Waals surface area contributed by atoms with Gasteiger partial charge in [-0.05, 0) is 84.6 Å². The largest absolute Gasteiger partial charge is 0.489 e. The molecule has 0 aliphatic carbocycles. The van der Waals surface area contributed by atoms with Crippen LogP contribution in [0.4, 0.5) is 5.69 Å². The monoisotopic (exact) mass is 566 g/mol. The van der Waals surface area contributed by atoms with E-state index in [9.17, 15) is 10.1 Å². The van der Waals surface area contributed by atoms with Gasteiger partial charge in [-0.3, -0.25) is 4.79 Å². The zero-order valence-corrected chi connectivity index (χ0v) is 22.8. The average molecular weight is 567 g/mol. The van der Waals surface area contributed by atoms with Crippen LogP contribution in [0.3, 0.4) is 0 Å². The Balaban J connectivity index is 1.43. The molecule has 0 saturated carbocycles. The van der Waals surface area contributed by atoms with Crippen LogP contribution in [-0.2, 0) is 18.0 Å². The molecule has 4 aromatic carbocycles. The number of hydrogen-bond acceptors (Lipinski definition) is 4. The Hall–Kier alpha value is -4.34. The van der Waals surface area contributed by atoms with Gasteiger partial charge in [0.05, 0.1) is 0 Å². The zero-order valence-electron chi connectivity index (χ0n) is 21.2. The minimum absolute atomic E-state index is 0.0384. The van der Waals surface area contributed by atoms with Gasteiger partial charge in [-0.15, -0.1) is 0 Å². The van der Waals surface area contributed by atoms with Crippen molar-refractivity contribution in [2.45, 2.75) is 27.1 Å². The van der Waals surface area contributed by atoms with Gasteiger partial charge in [-0.1, -0.05) is 64.5 Å². The van der Waals surface area contributed by atoms with Crippen molar-refractivity contribution in [3.8, 4) is 17.6 Å². The normalized spacial score (nSPS) is 10.9. The lowest BCUT2D eigenvalue weighted by molar-refractivity contribution is -0.112. The number of carbonyl (C=O) groups is 1. The summed E-state index contributed by atoms with van der Waals surface area (Å²) in [6, 6.07) is 30.6. The Labute approximate surface area is 231 Å². The summed E-state index contributed by atoms with van der Waals surface area (Å²) in [4.78, 5) is 12.9. The lowest BCUT2D eigenvalue weighted by Gasteiger charge is -2.12. The molecule has 1 amide bonds. The van der Waals surface area contributed by atoms with Gasteiger partial charge in [0.2, 0.25) is 0 Å². The highest BCUT2D eigenvalue weighted by atomic mass is 79.9. The lowest BCUT2D eigenvalue weighted by atomic mass is 10.1. The van der Waals surface area contributed by atoms with Crippen molar-refractivity contribution in [1.82, 2.24) is 0 Å². The van der Waals surface area contributed by atoms with Crippen LogP contribution in [0.25, 0.3) is 6.08 Å². The first kappa shape index (κ1) is 26.7. The maximum Gasteiger partial charge on any atom is 0.266 e. The molecule has 0 aromatic heterocycles. The van der Waals surface area contributed by atoms with E-state index in [4.69, 9.17) is 9.47 Å². The molecular formula is C32H27BrN2O3. The van der Waals surface area contributed by atoms with Gasteiger partial charge in [0.25, 0.3) is 5.91 Å². The van der Waals surface area contributed by atoms with Gasteiger partial charge in [-0.25, -0.2) is 0 Å². The lowest BCUT2D eigenvalue weighted by Crippen LogP contribution is -2.13. The quantitative estimate of drug-likeness (QED) is 0.166. The molecule has 0 aliphatic rings. The van der Waals surface area contributed by atoms with Gasteiger partial charge < -0.3 is 14.8 Å². The number of benzene rings is 4. The molecule has 4 aromatic rings. The Bertz CT molecular complexity index is 1490. The van der Waals surface area contributed by atoms with Crippen molar-refractivity contribution in [2.24, 2.45) is 0 Å². The van der Waals surface area contributed by atoms with E-state index in [-0.39, 0.29) is 5.57 Å². The van der Waals surface area contributed by atoms with Crippen LogP contribution in [0, 0.1) is 25.2 Å². The average Bonchev–Trinajstić information content (AvgIpc) is 2.93. The highest BCUT2D eigenvalue weighted by molar-refractivity contribution is 9.10. The number of anilines is 1. The summed E-state index contributed by atoms with van der Waals surface area (Å²) < 4.78 is 12.7. The molecular weight excluding hydrogens is 540 g/mol. The summed E-state index contributed by atoms with van der Waals surface area (Å²) in [6.07, 6.45) is 1.53. The molecule has 0 radical (unpaired) electrons. The van der Waals surface area contributed by atoms with E-state index in [0.717, 1.165) is 15.6 Å². The van der Waals surface area contributed by atoms with Gasteiger partial charge in [-0.2, -0.15) is 5.26 Å². The SMILES string of the molecule is Cc1ccc(COc2ccc(Br)cc2/C=C(\C#N)C(=O)Nc2ccc(OCc3ccccc3)cc2)cc1C. The van der Waals surface area contributed by atoms with E-state index in [1.807, 2.05) is 60.7 Å². The standard InChI is InChI=1S/C32H27BrN2O3/c1-22-8-9-25(16-23(22)2)21-38-31-15-10-28(33)18-26(31)17-27(19-34)32(36)35-29-11-13-30(14-12-29)37-20-24-6-4-3-5-7-24/h3-18H,20-21H2,1-2H3,(H,35,36)/b27-17+. The first-order valence-electron chi connectivity index (χ1n) is 12.1. The predicted octanol–water partition coefficient (Wildman–Crippen LogP) is 7.77. The second kappa shape index (κ2) is 12.8. The molecule has 190 valence electrons. The van der Waals surface area contributed by atoms with Gasteiger partial charge in [0.1, 0.15) is 36.4 Å². The minimum Gasteiger partial charge on any atom is -0.489 e. The van der Waals surface area contributed by atoms with Crippen molar-refractivity contribution in [3.05, 3.63) is 129 Å². The van der Waals surface area contributed by atoms with Crippen molar-refractivity contribution in [1.29, 1.82) is 5.26 Å². The van der Waals surface area contributed by atoms with Crippen molar-refractivity contribution < 1.29 is 14.3 Å². The van der Waals surface area contributed by atoms with Crippen LogP contribution in [0.2, 0.25) is 0 Å². The zero-order chi connectivity index (χ0) is 26.9. The summed E-state index contributed by atoms with van der Waals surface area (Å²) in [5.74, 6) is 0.750. The summed E-state index contributed by atoms with van der Waals surface area (Å²) in [5, 5.41) is 12.5. The van der Waals surface area contributed by atoms with Crippen LogP contribution in [0.1, 0.15) is 27.8 Å². The minimum atomic E-state index is -0.509. The second-order valence-electron chi connectivity index (χ2n) is 8.81. The van der Waals surface area contributed by atoms with E-state index >= 15 is 0 Å². The van der Waals surface area contributed by atoms with Crippen LogP contribution in [0.15, 0.2) is 101 Å². The van der Waals surface area contributed by atoms with Gasteiger partial charge in [0.15, 0.2) is 0 Å². The summed E-state index contributed by atoms with van der Waals surface area (Å²) in [5.41, 5.74) is 5.67. The molecule has 0 spiro atoms. The molecule has 0 aliphatic heterocycles. The molecule has 0 fully saturated rings. The van der Waals surface area contributed by atoms with E-state index in [0.29, 0.717) is 36.0 Å². The van der Waals surface area contributed by atoms with Crippen LogP contribution >= 0.6 is 15.9 Å². The maximum absolute atomic E-state index is 12.9. The molecule has 0 saturated heterocycles. The predicted molar refractivity (Wildman–Crippen MR) is 154 cm³/mol. The number of halogens is 1. The number of carbonyl (C=O) groups excluding carboxylic acids is 1. The topological polar surface area (TPSA) is 71.3 Å². The number of rotatable bonds is 9. The van der Waals surface area contributed by atoms with Gasteiger partial charge >= 0.3 is 0 Å². The smallest absolute Gasteiger partial charge is 0.266 e. The third-order valence-corrected chi connectivity index (χ3v) is 6.46. The molecule has 0 heterocycles. The molecule has 38 heavy (non-hydrogen) atoms. The highest BCUT2D eigenvalue weighted by Crippen LogP contribution is 2.27. The molecule has 4 rings (SSSR count). The fraction of sp³-hybridized carbons (Fsp3) is 0.125. The molecule has 0 unspecified atom stereocenters. The fourth-order valence-corrected chi connectivity index (χ4v) is 4.07. The highest BCUT2D eigenvalue weighted by Gasteiger charge is 2.13. The number of hydrogen-bond donors (Lipinski definition) is 1. The summed E-state index contributed by atoms with van der Waals surface area (Å²) in [6.45, 7) is 4.96. The molecule has 0 bridgehead atoms. The van der Waals surface area contributed by atoms with Crippen molar-refractivity contribution >= 4 is 33.6 Å². The number of nitrogens with one attached hydrogen (secondary N) is 1. The number of nitrogens with zero attached hydrogens (tertiary/aromatic N) is 1. The Morgan fingerprint density at radius 1 is 0.868 bits per heavy atom. The van der Waals surface area contributed by atoms with Gasteiger partial charge in [0, 0.05) is 15.7 Å². The van der Waals surface area contributed by atoms with E-state index in [1.165, 1.54) is 17.2 Å². The third-order valence-electron chi connectivity index (χ3n) is 5.96. The van der Waals surface area contributed by atoms with E-state index in [2.05, 4.69) is 47.2 Å². The third kappa shape index (κ3) is 7.34. The van der Waals surface area contributed by atoms with Crippen LogP contribution in [0.5, 0.6) is 11.5 Å². The molecule has 0 atom stereocenters. The molecule has 5 nitrogen and oxygen atoms in total. The number of amides is 1. The van der Waals surface area contributed by atoms with E-state index in [1.54, 1.807) is 24.3 Å². The Morgan fingerprint density at radius 2 is 1.61 bits per heavy atom. The molecule has 6 heteroatoms. The first-order chi connectivity index (χ1) is 18.4. The number of ether oxygens (including phenoxy) is 2. The Morgan fingerprint density at radius 3 is 2.32 bits per heavy atom. The maximum atomic E-state index is 12.9. The summed E-state index contributed by atoms with van der Waals surface area (Å²) >= 11 is 3.47. The van der Waals surface area contributed by atoms with E-state index < -0.39 is 5.91 Å². The van der Waals surface area contributed by atoms with Crippen LogP contribution < -0.4 is 14.8 Å². The second-order valence-corrected chi connectivity index (χ2v) is 9.73.